The quantitative estimate of drug-likeness (QED) is 0.387. The third kappa shape index (κ3) is 4.84. The maximum absolute atomic E-state index is 13.3. The topological polar surface area (TPSA) is 69.0 Å². The number of halogens is 4. The fraction of sp³-hybridized carbons (Fsp3) is 0.174. The number of ether oxygens (including phenoxy) is 1. The van der Waals surface area contributed by atoms with E-state index in [0.29, 0.717) is 12.1 Å². The van der Waals surface area contributed by atoms with Gasteiger partial charge in [0.05, 0.1) is 23.3 Å². The first-order valence-corrected chi connectivity index (χ1v) is 10.3. The van der Waals surface area contributed by atoms with Crippen LogP contribution in [0.3, 0.4) is 0 Å². The van der Waals surface area contributed by atoms with Gasteiger partial charge in [0.25, 0.3) is 5.56 Å². The van der Waals surface area contributed by atoms with E-state index in [1.165, 1.54) is 30.7 Å². The minimum Gasteiger partial charge on any atom is -0.438 e. The lowest BCUT2D eigenvalue weighted by molar-refractivity contribution is -0.138. The van der Waals surface area contributed by atoms with E-state index in [0.717, 1.165) is 17.2 Å². The molecule has 10 heteroatoms. The average Bonchev–Trinajstić information content (AvgIpc) is 2.79. The van der Waals surface area contributed by atoms with Crippen molar-refractivity contribution < 1.29 is 17.9 Å². The van der Waals surface area contributed by atoms with Crippen molar-refractivity contribution in [3.05, 3.63) is 94.2 Å². The van der Waals surface area contributed by atoms with Crippen LogP contribution in [0.5, 0.6) is 11.6 Å². The summed E-state index contributed by atoms with van der Waals surface area (Å²) in [5.41, 5.74) is 1.00. The largest absolute Gasteiger partial charge is 0.438 e. The molecule has 4 aromatic rings. The maximum Gasteiger partial charge on any atom is 0.421 e. The second-order valence-corrected chi connectivity index (χ2v) is 7.62. The average molecular weight is 475 g/mol. The van der Waals surface area contributed by atoms with E-state index in [-0.39, 0.29) is 17.2 Å². The third-order valence-corrected chi connectivity index (χ3v) is 5.29. The molecule has 2 heterocycles. The Morgan fingerprint density at radius 1 is 1.12 bits per heavy atom. The first-order valence-electron chi connectivity index (χ1n) is 9.89. The Labute approximate surface area is 191 Å². The molecule has 0 amide bonds. The molecule has 0 aliphatic rings. The van der Waals surface area contributed by atoms with Gasteiger partial charge < -0.3 is 9.30 Å². The van der Waals surface area contributed by atoms with Crippen LogP contribution < -0.4 is 15.1 Å². The second kappa shape index (κ2) is 9.21. The minimum atomic E-state index is -4.63. The third-order valence-electron chi connectivity index (χ3n) is 5.14. The van der Waals surface area contributed by atoms with E-state index in [1.54, 1.807) is 10.6 Å². The van der Waals surface area contributed by atoms with Crippen molar-refractivity contribution in [2.75, 3.05) is 6.54 Å². The molecule has 0 fully saturated rings. The predicted molar refractivity (Wildman–Crippen MR) is 118 cm³/mol. The van der Waals surface area contributed by atoms with Crippen LogP contribution in [0.1, 0.15) is 22.7 Å². The van der Waals surface area contributed by atoms with Crippen molar-refractivity contribution in [1.82, 2.24) is 19.4 Å². The number of pyridine rings is 1. The molecule has 170 valence electrons. The number of rotatable bonds is 6. The van der Waals surface area contributed by atoms with Gasteiger partial charge in [-0.2, -0.15) is 18.2 Å². The van der Waals surface area contributed by atoms with Gasteiger partial charge in [0.1, 0.15) is 11.3 Å². The SMILES string of the molecule is Cc1ccc(C(CNCl)n2cnc(=O)c3cc(Oc4ncccc4C(F)(F)F)ccc32)cc1. The number of aromatic nitrogens is 3. The van der Waals surface area contributed by atoms with Crippen molar-refractivity contribution in [3.63, 3.8) is 0 Å². The van der Waals surface area contributed by atoms with Crippen molar-refractivity contribution in [2.24, 2.45) is 0 Å². The van der Waals surface area contributed by atoms with Gasteiger partial charge >= 0.3 is 6.18 Å². The highest BCUT2D eigenvalue weighted by Gasteiger charge is 2.35. The Kier molecular flexibility index (Phi) is 6.35. The van der Waals surface area contributed by atoms with Gasteiger partial charge in [-0.15, -0.1) is 0 Å². The molecule has 0 saturated heterocycles. The monoisotopic (exact) mass is 474 g/mol. The smallest absolute Gasteiger partial charge is 0.421 e. The fourth-order valence-electron chi connectivity index (χ4n) is 3.51. The lowest BCUT2D eigenvalue weighted by Gasteiger charge is -2.22. The number of nitrogens with one attached hydrogen (secondary N) is 1. The predicted octanol–water partition coefficient (Wildman–Crippen LogP) is 5.24. The van der Waals surface area contributed by atoms with Crippen LogP contribution >= 0.6 is 11.8 Å². The molecule has 2 aromatic heterocycles. The highest BCUT2D eigenvalue weighted by Crippen LogP contribution is 2.37. The Hall–Kier alpha value is -3.43. The first kappa shape index (κ1) is 22.8. The van der Waals surface area contributed by atoms with Gasteiger partial charge in [0, 0.05) is 12.7 Å². The summed E-state index contributed by atoms with van der Waals surface area (Å²) in [5, 5.41) is 0.186. The Morgan fingerprint density at radius 3 is 2.58 bits per heavy atom. The number of benzene rings is 2. The molecule has 0 spiro atoms. The Balaban J connectivity index is 1.78. The van der Waals surface area contributed by atoms with Crippen LogP contribution in [0.4, 0.5) is 13.2 Å². The van der Waals surface area contributed by atoms with Crippen molar-refractivity contribution in [2.45, 2.75) is 19.1 Å². The molecule has 4 rings (SSSR count). The molecular formula is C23H18ClF3N4O2. The minimum absolute atomic E-state index is 0.0331. The number of hydrogen-bond acceptors (Lipinski definition) is 5. The zero-order valence-electron chi connectivity index (χ0n) is 17.3. The van der Waals surface area contributed by atoms with Crippen molar-refractivity contribution in [1.29, 1.82) is 0 Å². The molecule has 0 saturated carbocycles. The Bertz CT molecular complexity index is 1340. The van der Waals surface area contributed by atoms with E-state index in [2.05, 4.69) is 14.8 Å². The van der Waals surface area contributed by atoms with Crippen LogP contribution in [-0.4, -0.2) is 21.1 Å². The summed E-state index contributed by atoms with van der Waals surface area (Å²) in [4.78, 5) is 22.8. The molecule has 1 N–H and O–H groups in total. The van der Waals surface area contributed by atoms with Crippen LogP contribution in [0, 0.1) is 6.92 Å². The second-order valence-electron chi connectivity index (χ2n) is 7.36. The number of hydrogen-bond donors (Lipinski definition) is 1. The number of nitrogens with zero attached hydrogens (tertiary/aromatic N) is 3. The van der Waals surface area contributed by atoms with Gasteiger partial charge in [0.2, 0.25) is 5.88 Å². The zero-order chi connectivity index (χ0) is 23.6. The maximum atomic E-state index is 13.3. The fourth-order valence-corrected chi connectivity index (χ4v) is 3.65. The molecule has 0 bridgehead atoms. The van der Waals surface area contributed by atoms with Crippen LogP contribution in [0.15, 0.2) is 71.9 Å². The van der Waals surface area contributed by atoms with Gasteiger partial charge in [-0.05, 0) is 54.6 Å². The van der Waals surface area contributed by atoms with E-state index in [9.17, 15) is 18.0 Å². The van der Waals surface area contributed by atoms with Crippen molar-refractivity contribution >= 4 is 22.7 Å². The molecule has 0 aliphatic heterocycles. The number of aryl methyl sites for hydroxylation is 1. The van der Waals surface area contributed by atoms with Gasteiger partial charge in [-0.1, -0.05) is 29.8 Å². The molecule has 1 unspecified atom stereocenters. The van der Waals surface area contributed by atoms with Crippen LogP contribution in [-0.2, 0) is 6.18 Å². The summed E-state index contributed by atoms with van der Waals surface area (Å²) in [6.07, 6.45) is -2.01. The lowest BCUT2D eigenvalue weighted by atomic mass is 10.0. The summed E-state index contributed by atoms with van der Waals surface area (Å²) in [6.45, 7) is 2.31. The lowest BCUT2D eigenvalue weighted by Crippen LogP contribution is -2.24. The molecule has 0 aliphatic carbocycles. The van der Waals surface area contributed by atoms with Gasteiger partial charge in [-0.25, -0.2) is 9.82 Å². The van der Waals surface area contributed by atoms with Crippen LogP contribution in [0.25, 0.3) is 10.9 Å². The highest BCUT2D eigenvalue weighted by atomic mass is 35.5. The van der Waals surface area contributed by atoms with Crippen molar-refractivity contribution in [3.8, 4) is 11.6 Å². The molecule has 33 heavy (non-hydrogen) atoms. The normalized spacial score (nSPS) is 12.6. The van der Waals surface area contributed by atoms with E-state index in [1.807, 2.05) is 31.2 Å². The van der Waals surface area contributed by atoms with Gasteiger partial charge in [0.15, 0.2) is 0 Å². The van der Waals surface area contributed by atoms with E-state index < -0.39 is 23.2 Å². The number of fused-ring (bicyclic) bond motifs is 1. The summed E-state index contributed by atoms with van der Waals surface area (Å²) < 4.78 is 47.0. The molecule has 1 atom stereocenters. The molecular weight excluding hydrogens is 457 g/mol. The first-order chi connectivity index (χ1) is 15.8. The molecule has 0 radical (unpaired) electrons. The van der Waals surface area contributed by atoms with Crippen LogP contribution in [0.2, 0.25) is 0 Å². The summed E-state index contributed by atoms with van der Waals surface area (Å²) >= 11 is 5.81. The highest BCUT2D eigenvalue weighted by molar-refractivity contribution is 6.13. The number of alkyl halides is 3. The van der Waals surface area contributed by atoms with E-state index >= 15 is 0 Å². The summed E-state index contributed by atoms with van der Waals surface area (Å²) in [5.74, 6) is -0.567. The Morgan fingerprint density at radius 2 is 1.88 bits per heavy atom. The van der Waals surface area contributed by atoms with E-state index in [4.69, 9.17) is 16.5 Å². The molecule has 6 nitrogen and oxygen atoms in total. The zero-order valence-corrected chi connectivity index (χ0v) is 18.1. The molecule has 2 aromatic carbocycles. The summed E-state index contributed by atoms with van der Waals surface area (Å²) in [7, 11) is 0. The standard InChI is InChI=1S/C23H18ClF3N4O2/c1-14-4-6-15(7-5-14)20(12-30-24)31-13-29-21(32)17-11-16(8-9-19(17)31)33-22-18(23(25,26)27)3-2-10-28-22/h2-11,13,20,30H,12H2,1H3. The van der Waals surface area contributed by atoms with Gasteiger partial charge in [-0.3, -0.25) is 4.79 Å². The summed E-state index contributed by atoms with van der Waals surface area (Å²) in [6, 6.07) is 14.0.